The van der Waals surface area contributed by atoms with Crippen LogP contribution < -0.4 is 5.32 Å². The molecule has 7 heteroatoms. The van der Waals surface area contributed by atoms with Gasteiger partial charge in [-0.15, -0.1) is 0 Å². The lowest BCUT2D eigenvalue weighted by Gasteiger charge is -2.30. The number of halogens is 1. The Morgan fingerprint density at radius 2 is 1.86 bits per heavy atom. The van der Waals surface area contributed by atoms with Gasteiger partial charge < -0.3 is 19.9 Å². The normalized spacial score (nSPS) is 19.6. The van der Waals surface area contributed by atoms with E-state index in [0.717, 1.165) is 10.0 Å². The van der Waals surface area contributed by atoms with Crippen LogP contribution in [0, 0.1) is 6.92 Å². The molecular weight excluding hydrogens is 426 g/mol. The second-order valence-corrected chi connectivity index (χ2v) is 7.29. The Bertz CT molecular complexity index is 907. The zero-order valence-electron chi connectivity index (χ0n) is 15.4. The van der Waals surface area contributed by atoms with Gasteiger partial charge in [-0.05, 0) is 38.1 Å². The highest BCUT2D eigenvalue weighted by atomic mass is 79.9. The lowest BCUT2D eigenvalue weighted by Crippen LogP contribution is -2.56. The van der Waals surface area contributed by atoms with E-state index in [1.165, 1.54) is 6.08 Å². The van der Waals surface area contributed by atoms with Crippen LogP contribution in [0.3, 0.4) is 0 Å². The Morgan fingerprint density at radius 1 is 1.21 bits per heavy atom. The zero-order valence-corrected chi connectivity index (χ0v) is 17.0. The first-order valence-electron chi connectivity index (χ1n) is 8.77. The van der Waals surface area contributed by atoms with Crippen LogP contribution >= 0.6 is 15.9 Å². The summed E-state index contributed by atoms with van der Waals surface area (Å²) in [5.41, 5.74) is 2.18. The summed E-state index contributed by atoms with van der Waals surface area (Å²) in [6.45, 7) is 3.67. The highest BCUT2D eigenvalue weighted by Crippen LogP contribution is 2.34. The van der Waals surface area contributed by atoms with Crippen molar-refractivity contribution in [1.29, 1.82) is 0 Å². The van der Waals surface area contributed by atoms with E-state index in [9.17, 15) is 14.7 Å². The molecule has 6 nitrogen and oxygen atoms in total. The molecule has 0 radical (unpaired) electrons. The number of carbonyl (C=O) groups is 2. The van der Waals surface area contributed by atoms with Crippen molar-refractivity contribution >= 4 is 39.1 Å². The van der Waals surface area contributed by atoms with E-state index < -0.39 is 23.6 Å². The Labute approximate surface area is 171 Å². The van der Waals surface area contributed by atoms with Crippen molar-refractivity contribution in [2.24, 2.45) is 0 Å². The summed E-state index contributed by atoms with van der Waals surface area (Å²) >= 11 is 3.34. The molecule has 0 bridgehead atoms. The van der Waals surface area contributed by atoms with E-state index >= 15 is 0 Å². The molecule has 2 atom stereocenters. The van der Waals surface area contributed by atoms with Gasteiger partial charge in [0.2, 0.25) is 5.78 Å². The van der Waals surface area contributed by atoms with Crippen LogP contribution in [-0.2, 0) is 19.1 Å². The first kappa shape index (κ1) is 20.1. The number of esters is 1. The number of rotatable bonds is 6. The lowest BCUT2D eigenvalue weighted by molar-refractivity contribution is -0.186. The van der Waals surface area contributed by atoms with E-state index in [1.807, 2.05) is 19.1 Å². The third-order valence-electron chi connectivity index (χ3n) is 4.29. The summed E-state index contributed by atoms with van der Waals surface area (Å²) in [7, 11) is 0. The number of hydrogen-bond donors (Lipinski definition) is 2. The number of hydrogen-bond acceptors (Lipinski definition) is 6. The summed E-state index contributed by atoms with van der Waals surface area (Å²) in [5, 5.41) is 13.9. The Kier molecular flexibility index (Phi) is 5.86. The molecule has 0 aromatic heterocycles. The minimum absolute atomic E-state index is 0.0994. The van der Waals surface area contributed by atoms with Crippen LogP contribution in [0.15, 0.2) is 59.1 Å². The van der Waals surface area contributed by atoms with Crippen molar-refractivity contribution in [2.75, 3.05) is 11.9 Å². The Balaban J connectivity index is 1.90. The topological polar surface area (TPSA) is 84.9 Å². The minimum Gasteiger partial charge on any atom is -0.464 e. The Hall–Kier alpha value is -2.64. The fourth-order valence-electron chi connectivity index (χ4n) is 2.79. The van der Waals surface area contributed by atoms with Crippen molar-refractivity contribution in [3.8, 4) is 0 Å². The third-order valence-corrected chi connectivity index (χ3v) is 4.81. The number of carbonyl (C=O) groups excluding carboxylic acids is 2. The number of aliphatic hydroxyl groups is 1. The van der Waals surface area contributed by atoms with Crippen molar-refractivity contribution in [3.63, 3.8) is 0 Å². The minimum atomic E-state index is -2.42. The molecule has 0 unspecified atom stereocenters. The first-order chi connectivity index (χ1) is 13.3. The van der Waals surface area contributed by atoms with Gasteiger partial charge in [-0.3, -0.25) is 4.79 Å². The molecule has 146 valence electrons. The average molecular weight is 446 g/mol. The summed E-state index contributed by atoms with van der Waals surface area (Å²) in [6, 6.07) is 12.8. The van der Waals surface area contributed by atoms with Crippen LogP contribution in [0.4, 0.5) is 5.69 Å². The summed E-state index contributed by atoms with van der Waals surface area (Å²) < 4.78 is 11.5. The predicted molar refractivity (Wildman–Crippen MR) is 108 cm³/mol. The number of ether oxygens (including phenoxy) is 2. The Morgan fingerprint density at radius 3 is 2.46 bits per heavy atom. The molecule has 0 aliphatic carbocycles. The van der Waals surface area contributed by atoms with Gasteiger partial charge in [0, 0.05) is 21.8 Å². The highest BCUT2D eigenvalue weighted by molar-refractivity contribution is 9.10. The second-order valence-electron chi connectivity index (χ2n) is 6.37. The predicted octanol–water partition coefficient (Wildman–Crippen LogP) is 3.43. The fraction of sp³-hybridized carbons (Fsp3) is 0.238. The molecule has 1 aliphatic rings. The quantitative estimate of drug-likeness (QED) is 0.662. The standard InChI is InChI=1S/C21H20BrNO5/c1-3-27-20(25)19(23-16-10-4-13(2)5-11-16)21(26)18(24)12-17(28-21)14-6-8-15(22)9-7-14/h4-12,19,23,26H,3H2,1-2H3/t19-,21+/m0/s1. The van der Waals surface area contributed by atoms with E-state index in [-0.39, 0.29) is 12.4 Å². The molecule has 2 aromatic rings. The van der Waals surface area contributed by atoms with Gasteiger partial charge in [-0.2, -0.15) is 0 Å². The third kappa shape index (κ3) is 4.10. The molecule has 0 fully saturated rings. The highest BCUT2D eigenvalue weighted by Gasteiger charge is 2.54. The fourth-order valence-corrected chi connectivity index (χ4v) is 3.05. The van der Waals surface area contributed by atoms with Gasteiger partial charge >= 0.3 is 11.8 Å². The zero-order chi connectivity index (χ0) is 20.3. The summed E-state index contributed by atoms with van der Waals surface area (Å²) in [6.07, 6.45) is 1.19. The molecule has 28 heavy (non-hydrogen) atoms. The number of aryl methyl sites for hydroxylation is 1. The smallest absolute Gasteiger partial charge is 0.336 e. The van der Waals surface area contributed by atoms with Gasteiger partial charge in [0.05, 0.1) is 6.61 Å². The lowest BCUT2D eigenvalue weighted by atomic mass is 10.0. The first-order valence-corrected chi connectivity index (χ1v) is 9.56. The van der Waals surface area contributed by atoms with E-state index in [4.69, 9.17) is 9.47 Å². The van der Waals surface area contributed by atoms with Gasteiger partial charge in [0.15, 0.2) is 6.04 Å². The van der Waals surface area contributed by atoms with E-state index in [2.05, 4.69) is 21.2 Å². The number of ketones is 1. The molecule has 1 aliphatic heterocycles. The van der Waals surface area contributed by atoms with Crippen LogP contribution in [0.25, 0.3) is 5.76 Å². The van der Waals surface area contributed by atoms with Crippen molar-refractivity contribution < 1.29 is 24.2 Å². The SMILES string of the molecule is CCOC(=O)[C@H](Nc1ccc(C)cc1)[C@]1(O)OC(c2ccc(Br)cc2)=CC1=O. The summed E-state index contributed by atoms with van der Waals surface area (Å²) in [4.78, 5) is 25.2. The van der Waals surface area contributed by atoms with E-state index in [1.54, 1.807) is 43.3 Å². The molecule has 0 saturated heterocycles. The molecular formula is C21H20BrNO5. The van der Waals surface area contributed by atoms with Crippen molar-refractivity contribution in [3.05, 3.63) is 70.2 Å². The number of nitrogens with one attached hydrogen (secondary N) is 1. The van der Waals surface area contributed by atoms with Crippen LogP contribution in [-0.4, -0.2) is 35.3 Å². The molecule has 0 spiro atoms. The maximum atomic E-state index is 12.6. The largest absolute Gasteiger partial charge is 0.464 e. The van der Waals surface area contributed by atoms with Gasteiger partial charge in [0.25, 0.3) is 0 Å². The van der Waals surface area contributed by atoms with E-state index in [0.29, 0.717) is 11.3 Å². The number of anilines is 1. The van der Waals surface area contributed by atoms with Crippen molar-refractivity contribution in [1.82, 2.24) is 0 Å². The molecule has 0 saturated carbocycles. The molecule has 3 rings (SSSR count). The van der Waals surface area contributed by atoms with Gasteiger partial charge in [-0.25, -0.2) is 4.79 Å². The maximum Gasteiger partial charge on any atom is 0.336 e. The molecule has 2 N–H and O–H groups in total. The average Bonchev–Trinajstić information content (AvgIpc) is 2.97. The van der Waals surface area contributed by atoms with Gasteiger partial charge in [-0.1, -0.05) is 45.8 Å². The molecule has 0 amide bonds. The molecule has 1 heterocycles. The van der Waals surface area contributed by atoms with Crippen LogP contribution in [0.1, 0.15) is 18.1 Å². The molecule has 2 aromatic carbocycles. The second kappa shape index (κ2) is 8.16. The van der Waals surface area contributed by atoms with Crippen LogP contribution in [0.5, 0.6) is 0 Å². The van der Waals surface area contributed by atoms with Gasteiger partial charge in [0.1, 0.15) is 5.76 Å². The maximum absolute atomic E-state index is 12.6. The monoisotopic (exact) mass is 445 g/mol. The summed E-state index contributed by atoms with van der Waals surface area (Å²) in [5.74, 6) is -3.76. The van der Waals surface area contributed by atoms with Crippen molar-refractivity contribution in [2.45, 2.75) is 25.7 Å². The van der Waals surface area contributed by atoms with Crippen LogP contribution in [0.2, 0.25) is 0 Å². The number of benzene rings is 2.